The van der Waals surface area contributed by atoms with E-state index in [9.17, 15) is 9.59 Å². The molecule has 0 saturated heterocycles. The van der Waals surface area contributed by atoms with Gasteiger partial charge in [-0.2, -0.15) is 0 Å². The van der Waals surface area contributed by atoms with Crippen molar-refractivity contribution < 1.29 is 9.59 Å². The maximum absolute atomic E-state index is 12.8. The molecule has 3 rings (SSSR count). The van der Waals surface area contributed by atoms with Gasteiger partial charge < -0.3 is 15.2 Å². The first-order chi connectivity index (χ1) is 15.7. The summed E-state index contributed by atoms with van der Waals surface area (Å²) in [6, 6.07) is 12.5. The van der Waals surface area contributed by atoms with E-state index in [-0.39, 0.29) is 29.5 Å². The number of halogens is 1. The Morgan fingerprint density at radius 3 is 2.55 bits per heavy atom. The van der Waals surface area contributed by atoms with E-state index < -0.39 is 0 Å². The lowest BCUT2D eigenvalue weighted by Gasteiger charge is -2.21. The van der Waals surface area contributed by atoms with E-state index in [4.69, 9.17) is 11.6 Å². The molecule has 7 nitrogen and oxygen atoms in total. The lowest BCUT2D eigenvalue weighted by atomic mass is 10.0. The van der Waals surface area contributed by atoms with Crippen molar-refractivity contribution in [3.8, 4) is 0 Å². The normalized spacial score (nSPS) is 12.0. The van der Waals surface area contributed by atoms with Crippen LogP contribution < -0.4 is 10.6 Å². The number of amides is 2. The Balaban J connectivity index is 1.66. The first kappa shape index (κ1) is 24.8. The van der Waals surface area contributed by atoms with Gasteiger partial charge in [0.15, 0.2) is 11.0 Å². The molecule has 33 heavy (non-hydrogen) atoms. The van der Waals surface area contributed by atoms with Crippen LogP contribution in [0.15, 0.2) is 47.6 Å². The fraction of sp³-hybridized carbons (Fsp3) is 0.333. The van der Waals surface area contributed by atoms with E-state index in [2.05, 4.69) is 20.8 Å². The summed E-state index contributed by atoms with van der Waals surface area (Å²) in [7, 11) is 1.84. The molecule has 2 aromatic carbocycles. The Kier molecular flexibility index (Phi) is 8.15. The van der Waals surface area contributed by atoms with E-state index in [1.807, 2.05) is 69.6 Å². The van der Waals surface area contributed by atoms with Gasteiger partial charge in [0.05, 0.1) is 11.8 Å². The number of aryl methyl sites for hydroxylation is 2. The number of benzene rings is 2. The van der Waals surface area contributed by atoms with Gasteiger partial charge in [-0.15, -0.1) is 10.2 Å². The molecule has 1 heterocycles. The lowest BCUT2D eigenvalue weighted by molar-refractivity contribution is -0.113. The van der Waals surface area contributed by atoms with Crippen molar-refractivity contribution in [3.05, 3.63) is 70.0 Å². The number of rotatable bonds is 8. The molecule has 1 aromatic heterocycles. The number of carbonyl (C=O) groups excluding carboxylic acids is 2. The predicted molar refractivity (Wildman–Crippen MR) is 133 cm³/mol. The van der Waals surface area contributed by atoms with Crippen LogP contribution in [-0.4, -0.2) is 32.3 Å². The van der Waals surface area contributed by atoms with Gasteiger partial charge in [0, 0.05) is 23.3 Å². The van der Waals surface area contributed by atoms with Crippen molar-refractivity contribution in [1.82, 2.24) is 20.1 Å². The zero-order chi connectivity index (χ0) is 24.1. The largest absolute Gasteiger partial charge is 0.342 e. The lowest BCUT2D eigenvalue weighted by Crippen LogP contribution is -2.33. The van der Waals surface area contributed by atoms with Crippen LogP contribution in [0.5, 0.6) is 0 Å². The fourth-order valence-corrected chi connectivity index (χ4v) is 4.16. The second-order valence-corrected chi connectivity index (χ2v) is 9.61. The Bertz CT molecular complexity index is 1160. The Labute approximate surface area is 203 Å². The van der Waals surface area contributed by atoms with Crippen molar-refractivity contribution in [2.45, 2.75) is 38.9 Å². The Morgan fingerprint density at radius 1 is 1.12 bits per heavy atom. The van der Waals surface area contributed by atoms with Crippen LogP contribution in [0.1, 0.15) is 47.2 Å². The van der Waals surface area contributed by atoms with Crippen molar-refractivity contribution in [2.24, 2.45) is 13.0 Å². The number of hydrogen-bond acceptors (Lipinski definition) is 5. The summed E-state index contributed by atoms with van der Waals surface area (Å²) in [6.07, 6.45) is 0. The highest BCUT2D eigenvalue weighted by atomic mass is 35.5. The van der Waals surface area contributed by atoms with Gasteiger partial charge in [-0.05, 0) is 49.6 Å². The molecule has 0 fully saturated rings. The highest BCUT2D eigenvalue weighted by Gasteiger charge is 2.25. The molecule has 0 aliphatic heterocycles. The van der Waals surface area contributed by atoms with Gasteiger partial charge in [-0.25, -0.2) is 0 Å². The summed E-state index contributed by atoms with van der Waals surface area (Å²) >= 11 is 7.40. The van der Waals surface area contributed by atoms with Crippen molar-refractivity contribution in [2.75, 3.05) is 11.1 Å². The van der Waals surface area contributed by atoms with Gasteiger partial charge in [0.25, 0.3) is 5.91 Å². The highest BCUT2D eigenvalue weighted by Crippen LogP contribution is 2.25. The van der Waals surface area contributed by atoms with Crippen LogP contribution >= 0.6 is 23.4 Å². The van der Waals surface area contributed by atoms with E-state index in [1.54, 1.807) is 12.1 Å². The molecule has 3 aromatic rings. The number of hydrogen-bond donors (Lipinski definition) is 2. The third kappa shape index (κ3) is 6.36. The minimum absolute atomic E-state index is 0.0918. The topological polar surface area (TPSA) is 88.9 Å². The molecule has 0 aliphatic carbocycles. The van der Waals surface area contributed by atoms with Crippen LogP contribution in [0.4, 0.5) is 5.69 Å². The molecule has 1 atom stereocenters. The number of thioether (sulfide) groups is 1. The van der Waals surface area contributed by atoms with Crippen molar-refractivity contribution in [3.63, 3.8) is 0 Å². The third-order valence-corrected chi connectivity index (χ3v) is 6.60. The van der Waals surface area contributed by atoms with E-state index in [1.165, 1.54) is 11.8 Å². The summed E-state index contributed by atoms with van der Waals surface area (Å²) in [5.74, 6) is 0.566. The minimum atomic E-state index is -0.326. The van der Waals surface area contributed by atoms with Gasteiger partial charge in [0.1, 0.15) is 0 Å². The maximum atomic E-state index is 12.8. The molecule has 9 heteroatoms. The summed E-state index contributed by atoms with van der Waals surface area (Å²) in [4.78, 5) is 25.2. The maximum Gasteiger partial charge on any atom is 0.251 e. The molecule has 0 radical (unpaired) electrons. The molecule has 0 saturated carbocycles. The minimum Gasteiger partial charge on any atom is -0.342 e. The monoisotopic (exact) mass is 485 g/mol. The first-order valence-corrected chi connectivity index (χ1v) is 12.0. The van der Waals surface area contributed by atoms with Crippen LogP contribution in [0, 0.1) is 19.8 Å². The smallest absolute Gasteiger partial charge is 0.251 e. The Morgan fingerprint density at radius 2 is 1.88 bits per heavy atom. The van der Waals surface area contributed by atoms with Gasteiger partial charge in [-0.3, -0.25) is 9.59 Å². The molecule has 0 unspecified atom stereocenters. The first-order valence-electron chi connectivity index (χ1n) is 10.6. The SMILES string of the molecule is Cc1cccc(C(=O)N[C@H](c2nnc(SCC(=O)Nc3ccc(C)c(Cl)c3)n2C)C(C)C)c1. The zero-order valence-electron chi connectivity index (χ0n) is 19.3. The van der Waals surface area contributed by atoms with Crippen LogP contribution in [0.3, 0.4) is 0 Å². The molecule has 2 amide bonds. The zero-order valence-corrected chi connectivity index (χ0v) is 20.9. The average Bonchev–Trinajstić information content (AvgIpc) is 3.12. The predicted octanol–water partition coefficient (Wildman–Crippen LogP) is 4.94. The van der Waals surface area contributed by atoms with Crippen molar-refractivity contribution >= 4 is 40.9 Å². The quantitative estimate of drug-likeness (QED) is 0.441. The molecule has 0 bridgehead atoms. The number of nitrogens with one attached hydrogen (secondary N) is 2. The van der Waals surface area contributed by atoms with Crippen LogP contribution in [0.2, 0.25) is 5.02 Å². The number of anilines is 1. The second-order valence-electron chi connectivity index (χ2n) is 8.27. The highest BCUT2D eigenvalue weighted by molar-refractivity contribution is 7.99. The summed E-state index contributed by atoms with van der Waals surface area (Å²) < 4.78 is 1.82. The number of aromatic nitrogens is 3. The summed E-state index contributed by atoms with van der Waals surface area (Å²) in [6.45, 7) is 7.89. The summed E-state index contributed by atoms with van der Waals surface area (Å²) in [5, 5.41) is 15.7. The van der Waals surface area contributed by atoms with E-state index >= 15 is 0 Å². The van der Waals surface area contributed by atoms with Gasteiger partial charge >= 0.3 is 0 Å². The number of carbonyl (C=O) groups is 2. The Hall–Kier alpha value is -2.84. The average molecular weight is 486 g/mol. The van der Waals surface area contributed by atoms with Crippen LogP contribution in [0.25, 0.3) is 0 Å². The summed E-state index contributed by atoms with van der Waals surface area (Å²) in [5.41, 5.74) is 3.22. The van der Waals surface area contributed by atoms with E-state index in [0.29, 0.717) is 27.3 Å². The molecule has 174 valence electrons. The van der Waals surface area contributed by atoms with E-state index in [0.717, 1.165) is 11.1 Å². The van der Waals surface area contributed by atoms with Gasteiger partial charge in [-0.1, -0.05) is 61.0 Å². The molecular weight excluding hydrogens is 458 g/mol. The number of nitrogens with zero attached hydrogens (tertiary/aromatic N) is 3. The third-order valence-electron chi connectivity index (χ3n) is 5.17. The standard InChI is InChI=1S/C24H28ClN5O2S/c1-14(2)21(27-23(32)17-8-6-7-15(3)11-17)22-28-29-24(30(22)5)33-13-20(31)26-18-10-9-16(4)19(25)12-18/h6-12,14,21H,13H2,1-5H3,(H,26,31)(H,27,32)/t21-/m0/s1. The van der Waals surface area contributed by atoms with Crippen LogP contribution in [-0.2, 0) is 11.8 Å². The second kappa shape index (κ2) is 10.9. The molecule has 2 N–H and O–H groups in total. The molecule has 0 aliphatic rings. The van der Waals surface area contributed by atoms with Gasteiger partial charge in [0.2, 0.25) is 5.91 Å². The van der Waals surface area contributed by atoms with Crippen molar-refractivity contribution in [1.29, 1.82) is 0 Å². The fourth-order valence-electron chi connectivity index (χ4n) is 3.26. The molecular formula is C24H28ClN5O2S. The molecule has 0 spiro atoms.